The van der Waals surface area contributed by atoms with Gasteiger partial charge in [0, 0.05) is 5.69 Å². The van der Waals surface area contributed by atoms with Gasteiger partial charge in [-0.05, 0) is 18.6 Å². The van der Waals surface area contributed by atoms with Gasteiger partial charge >= 0.3 is 0 Å². The Labute approximate surface area is 94.6 Å². The predicted molar refractivity (Wildman–Crippen MR) is 61.8 cm³/mol. The van der Waals surface area contributed by atoms with E-state index in [9.17, 15) is 13.2 Å². The molecule has 0 aliphatic carbocycles. The molecule has 0 saturated carbocycles. The molecule has 0 spiro atoms. The number of carbonyl (C=O) groups excluding carboxylic acids is 1. The lowest BCUT2D eigenvalue weighted by Gasteiger charge is -2.08. The maximum atomic E-state index is 11.7. The van der Waals surface area contributed by atoms with E-state index in [-0.39, 0.29) is 17.4 Å². The summed E-state index contributed by atoms with van der Waals surface area (Å²) >= 11 is 0. The van der Waals surface area contributed by atoms with Crippen molar-refractivity contribution in [1.29, 1.82) is 0 Å². The SMILES string of the molecule is O=C(Nc1ccccc1)[C@H]1CCS(=O)(=O)C1. The van der Waals surface area contributed by atoms with Crippen LogP contribution in [0.1, 0.15) is 6.42 Å². The van der Waals surface area contributed by atoms with Crippen LogP contribution < -0.4 is 5.32 Å². The van der Waals surface area contributed by atoms with Gasteiger partial charge in [0.05, 0.1) is 17.4 Å². The number of benzene rings is 1. The van der Waals surface area contributed by atoms with E-state index in [0.29, 0.717) is 12.1 Å². The van der Waals surface area contributed by atoms with Crippen molar-refractivity contribution < 1.29 is 13.2 Å². The molecule has 1 aliphatic heterocycles. The summed E-state index contributed by atoms with van der Waals surface area (Å²) in [5, 5.41) is 2.72. The van der Waals surface area contributed by atoms with Crippen LogP contribution in [0.5, 0.6) is 0 Å². The summed E-state index contributed by atoms with van der Waals surface area (Å²) in [6.45, 7) is 0. The van der Waals surface area contributed by atoms with Crippen LogP contribution in [0.3, 0.4) is 0 Å². The highest BCUT2D eigenvalue weighted by atomic mass is 32.2. The molecule has 1 heterocycles. The lowest BCUT2D eigenvalue weighted by Crippen LogP contribution is -2.23. The molecule has 1 amide bonds. The van der Waals surface area contributed by atoms with Crippen molar-refractivity contribution in [2.45, 2.75) is 6.42 Å². The number of sulfone groups is 1. The van der Waals surface area contributed by atoms with Gasteiger partial charge in [-0.1, -0.05) is 18.2 Å². The van der Waals surface area contributed by atoms with Crippen LogP contribution in [-0.2, 0) is 14.6 Å². The Balaban J connectivity index is 2.00. The Morgan fingerprint density at radius 2 is 1.94 bits per heavy atom. The number of anilines is 1. The molecule has 1 saturated heterocycles. The number of hydrogen-bond donors (Lipinski definition) is 1. The predicted octanol–water partition coefficient (Wildman–Crippen LogP) is 1.06. The van der Waals surface area contributed by atoms with Crippen LogP contribution in [0, 0.1) is 5.92 Å². The van der Waals surface area contributed by atoms with Crippen LogP contribution in [0.15, 0.2) is 30.3 Å². The van der Waals surface area contributed by atoms with E-state index >= 15 is 0 Å². The summed E-state index contributed by atoms with van der Waals surface area (Å²) in [4.78, 5) is 11.7. The average molecular weight is 239 g/mol. The maximum Gasteiger partial charge on any atom is 0.228 e. The lowest BCUT2D eigenvalue weighted by atomic mass is 10.1. The Morgan fingerprint density at radius 1 is 1.25 bits per heavy atom. The van der Waals surface area contributed by atoms with Gasteiger partial charge in [0.1, 0.15) is 0 Å². The molecule has 1 N–H and O–H groups in total. The van der Waals surface area contributed by atoms with Crippen molar-refractivity contribution in [3.8, 4) is 0 Å². The summed E-state index contributed by atoms with van der Waals surface area (Å²) in [5.41, 5.74) is 0.705. The fraction of sp³-hybridized carbons (Fsp3) is 0.364. The van der Waals surface area contributed by atoms with Crippen molar-refractivity contribution >= 4 is 21.4 Å². The quantitative estimate of drug-likeness (QED) is 0.839. The Bertz CT molecular complexity index is 481. The first-order valence-corrected chi connectivity index (χ1v) is 6.95. The van der Waals surface area contributed by atoms with Gasteiger partial charge in [-0.2, -0.15) is 0 Å². The summed E-state index contributed by atoms with van der Waals surface area (Å²) in [6.07, 6.45) is 0.432. The number of carbonyl (C=O) groups is 1. The van der Waals surface area contributed by atoms with E-state index in [1.165, 1.54) is 0 Å². The van der Waals surface area contributed by atoms with Crippen LogP contribution in [0.25, 0.3) is 0 Å². The zero-order valence-electron chi connectivity index (χ0n) is 8.72. The van der Waals surface area contributed by atoms with Crippen molar-refractivity contribution in [2.75, 3.05) is 16.8 Å². The minimum atomic E-state index is -2.99. The highest BCUT2D eigenvalue weighted by molar-refractivity contribution is 7.91. The van der Waals surface area contributed by atoms with Gasteiger partial charge in [-0.15, -0.1) is 0 Å². The number of para-hydroxylation sites is 1. The number of hydrogen-bond acceptors (Lipinski definition) is 3. The second-order valence-corrected chi connectivity index (χ2v) is 6.18. The van der Waals surface area contributed by atoms with E-state index in [1.54, 1.807) is 12.1 Å². The number of rotatable bonds is 2. The summed E-state index contributed by atoms with van der Waals surface area (Å²) in [6, 6.07) is 9.06. The standard InChI is InChI=1S/C11H13NO3S/c13-11(9-6-7-16(14,15)8-9)12-10-4-2-1-3-5-10/h1-5,9H,6-8H2,(H,12,13)/t9-/m0/s1. The first-order valence-electron chi connectivity index (χ1n) is 5.13. The minimum Gasteiger partial charge on any atom is -0.326 e. The third kappa shape index (κ3) is 2.61. The zero-order chi connectivity index (χ0) is 11.6. The zero-order valence-corrected chi connectivity index (χ0v) is 9.53. The van der Waals surface area contributed by atoms with Gasteiger partial charge in [0.15, 0.2) is 9.84 Å². The molecule has 1 aliphatic rings. The Morgan fingerprint density at radius 3 is 2.50 bits per heavy atom. The minimum absolute atomic E-state index is 0.0222. The first kappa shape index (κ1) is 11.1. The van der Waals surface area contributed by atoms with E-state index < -0.39 is 15.8 Å². The van der Waals surface area contributed by atoms with Crippen LogP contribution >= 0.6 is 0 Å². The highest BCUT2D eigenvalue weighted by Crippen LogP contribution is 2.20. The second kappa shape index (κ2) is 4.25. The molecule has 16 heavy (non-hydrogen) atoms. The van der Waals surface area contributed by atoms with Crippen LogP contribution in [-0.4, -0.2) is 25.8 Å². The Kier molecular flexibility index (Phi) is 2.96. The largest absolute Gasteiger partial charge is 0.326 e. The molecule has 1 aromatic rings. The Hall–Kier alpha value is -1.36. The van der Waals surface area contributed by atoms with E-state index in [4.69, 9.17) is 0 Å². The van der Waals surface area contributed by atoms with Gasteiger partial charge in [0.2, 0.25) is 5.91 Å². The molecule has 1 aromatic carbocycles. The molecular weight excluding hydrogens is 226 g/mol. The van der Waals surface area contributed by atoms with E-state index in [2.05, 4.69) is 5.32 Å². The summed E-state index contributed by atoms with van der Waals surface area (Å²) in [7, 11) is -2.99. The summed E-state index contributed by atoms with van der Waals surface area (Å²) in [5.74, 6) is -0.497. The molecule has 0 unspecified atom stereocenters. The van der Waals surface area contributed by atoms with E-state index in [0.717, 1.165) is 0 Å². The van der Waals surface area contributed by atoms with Gasteiger partial charge in [-0.25, -0.2) is 8.42 Å². The van der Waals surface area contributed by atoms with Crippen molar-refractivity contribution in [3.05, 3.63) is 30.3 Å². The molecule has 1 fully saturated rings. The van der Waals surface area contributed by atoms with Crippen molar-refractivity contribution in [3.63, 3.8) is 0 Å². The average Bonchev–Trinajstić information content (AvgIpc) is 2.60. The highest BCUT2D eigenvalue weighted by Gasteiger charge is 2.32. The van der Waals surface area contributed by atoms with Crippen LogP contribution in [0.4, 0.5) is 5.69 Å². The molecule has 5 heteroatoms. The molecule has 4 nitrogen and oxygen atoms in total. The monoisotopic (exact) mass is 239 g/mol. The van der Waals surface area contributed by atoms with Gasteiger partial charge in [0.25, 0.3) is 0 Å². The molecule has 1 atom stereocenters. The van der Waals surface area contributed by atoms with E-state index in [1.807, 2.05) is 18.2 Å². The molecule has 0 bridgehead atoms. The van der Waals surface area contributed by atoms with Gasteiger partial charge in [-0.3, -0.25) is 4.79 Å². The fourth-order valence-corrected chi connectivity index (χ4v) is 3.51. The smallest absolute Gasteiger partial charge is 0.228 e. The normalized spacial score (nSPS) is 22.9. The first-order chi connectivity index (χ1) is 7.57. The molecule has 0 radical (unpaired) electrons. The summed E-state index contributed by atoms with van der Waals surface area (Å²) < 4.78 is 22.4. The lowest BCUT2D eigenvalue weighted by molar-refractivity contribution is -0.119. The van der Waals surface area contributed by atoms with Gasteiger partial charge < -0.3 is 5.32 Å². The molecule has 86 valence electrons. The third-order valence-electron chi connectivity index (χ3n) is 2.64. The second-order valence-electron chi connectivity index (χ2n) is 3.96. The number of nitrogens with one attached hydrogen (secondary N) is 1. The maximum absolute atomic E-state index is 11.7. The topological polar surface area (TPSA) is 63.2 Å². The van der Waals surface area contributed by atoms with Crippen molar-refractivity contribution in [1.82, 2.24) is 0 Å². The third-order valence-corrected chi connectivity index (χ3v) is 4.41. The van der Waals surface area contributed by atoms with Crippen LogP contribution in [0.2, 0.25) is 0 Å². The fourth-order valence-electron chi connectivity index (χ4n) is 1.77. The molecular formula is C11H13NO3S. The molecule has 2 rings (SSSR count). The molecule has 0 aromatic heterocycles. The number of amides is 1. The van der Waals surface area contributed by atoms with Crippen molar-refractivity contribution in [2.24, 2.45) is 5.92 Å².